The molecule has 0 radical (unpaired) electrons. The van der Waals surface area contributed by atoms with Crippen molar-refractivity contribution in [3.8, 4) is 11.5 Å². The Hall–Kier alpha value is -4.71. The summed E-state index contributed by atoms with van der Waals surface area (Å²) in [4.78, 5) is 53.7. The second kappa shape index (κ2) is 12.4. The Balaban J connectivity index is 0.00000103. The van der Waals surface area contributed by atoms with Crippen molar-refractivity contribution < 1.29 is 44.0 Å². The molecule has 2 aromatic carbocycles. The maximum Gasteiger partial charge on any atom is 0.350 e. The van der Waals surface area contributed by atoms with E-state index in [1.165, 1.54) is 19.2 Å². The SMILES string of the molecule is CC(=O)O.CCOC(=O)c1sc(N2C(=O)C(=O)/C(=C(/O)c3ccc(OC)c(C)c3)C2c2ccc(O)cc2)nc1C. The monoisotopic (exact) mass is 568 g/mol. The van der Waals surface area contributed by atoms with Gasteiger partial charge in [-0.05, 0) is 62.2 Å². The van der Waals surface area contributed by atoms with Crippen LogP contribution in [0.4, 0.5) is 5.13 Å². The molecule has 3 aromatic rings. The number of hydrogen-bond acceptors (Lipinski definition) is 10. The van der Waals surface area contributed by atoms with E-state index in [1.54, 1.807) is 51.1 Å². The number of carbonyl (C=O) groups is 4. The summed E-state index contributed by atoms with van der Waals surface area (Å²) < 4.78 is 10.4. The average molecular weight is 569 g/mol. The molecule has 1 aromatic heterocycles. The van der Waals surface area contributed by atoms with E-state index in [1.807, 2.05) is 0 Å². The lowest BCUT2D eigenvalue weighted by Gasteiger charge is -2.23. The number of esters is 1. The van der Waals surface area contributed by atoms with E-state index >= 15 is 0 Å². The van der Waals surface area contributed by atoms with Crippen LogP contribution in [0.5, 0.6) is 11.5 Å². The summed E-state index contributed by atoms with van der Waals surface area (Å²) in [7, 11) is 1.53. The molecular weight excluding hydrogens is 540 g/mol. The number of phenols is 1. The van der Waals surface area contributed by atoms with Gasteiger partial charge in [-0.25, -0.2) is 9.78 Å². The molecule has 12 heteroatoms. The van der Waals surface area contributed by atoms with Gasteiger partial charge in [-0.3, -0.25) is 19.3 Å². The predicted molar refractivity (Wildman–Crippen MR) is 147 cm³/mol. The number of phenolic OH excluding ortho intramolecular Hbond substituents is 1. The molecule has 40 heavy (non-hydrogen) atoms. The lowest BCUT2D eigenvalue weighted by atomic mass is 9.95. The number of methoxy groups -OCH3 is 1. The molecule has 1 amide bonds. The summed E-state index contributed by atoms with van der Waals surface area (Å²) in [6.45, 7) is 6.34. The number of benzene rings is 2. The number of anilines is 1. The molecule has 3 N–H and O–H groups in total. The highest BCUT2D eigenvalue weighted by Crippen LogP contribution is 2.44. The van der Waals surface area contributed by atoms with Gasteiger partial charge in [-0.15, -0.1) is 0 Å². The number of ether oxygens (including phenoxy) is 2. The van der Waals surface area contributed by atoms with E-state index in [0.29, 0.717) is 22.6 Å². The predicted octanol–water partition coefficient (Wildman–Crippen LogP) is 4.37. The van der Waals surface area contributed by atoms with Crippen molar-refractivity contribution in [2.45, 2.75) is 33.7 Å². The van der Waals surface area contributed by atoms with Crippen LogP contribution in [-0.4, -0.2) is 57.6 Å². The number of amides is 1. The fraction of sp³-hybridized carbons (Fsp3) is 0.250. The second-order valence-electron chi connectivity index (χ2n) is 8.60. The fourth-order valence-electron chi connectivity index (χ4n) is 4.05. The number of rotatable bonds is 6. The van der Waals surface area contributed by atoms with E-state index in [2.05, 4.69) is 4.98 Å². The van der Waals surface area contributed by atoms with Gasteiger partial charge >= 0.3 is 11.9 Å². The highest BCUT2D eigenvalue weighted by molar-refractivity contribution is 7.17. The van der Waals surface area contributed by atoms with Crippen LogP contribution < -0.4 is 9.64 Å². The summed E-state index contributed by atoms with van der Waals surface area (Å²) >= 11 is 0.926. The summed E-state index contributed by atoms with van der Waals surface area (Å²) in [5.74, 6) is -2.97. The first-order valence-corrected chi connectivity index (χ1v) is 12.8. The Morgan fingerprint density at radius 2 is 1.70 bits per heavy atom. The summed E-state index contributed by atoms with van der Waals surface area (Å²) in [6, 6.07) is 9.81. The highest BCUT2D eigenvalue weighted by atomic mass is 32.1. The van der Waals surface area contributed by atoms with Gasteiger partial charge in [0, 0.05) is 12.5 Å². The maximum absolute atomic E-state index is 13.3. The second-order valence-corrected chi connectivity index (χ2v) is 9.57. The maximum atomic E-state index is 13.3. The topological polar surface area (TPSA) is 164 Å². The van der Waals surface area contributed by atoms with Crippen LogP contribution in [0.3, 0.4) is 0 Å². The number of aliphatic hydroxyl groups is 1. The van der Waals surface area contributed by atoms with Gasteiger partial charge in [0.25, 0.3) is 11.8 Å². The lowest BCUT2D eigenvalue weighted by molar-refractivity contribution is -0.134. The lowest BCUT2D eigenvalue weighted by Crippen LogP contribution is -2.29. The zero-order chi connectivity index (χ0) is 29.7. The number of aryl methyl sites for hydroxylation is 2. The fourth-order valence-corrected chi connectivity index (χ4v) is 5.04. The number of aliphatic carboxylic acids is 1. The third kappa shape index (κ3) is 6.12. The molecule has 1 fully saturated rings. The standard InChI is InChI=1S/C26H24N2O7S.C2H4O2/c1-5-35-25(33)23-14(3)27-26(36-23)28-20(15-6-9-17(29)10-7-15)19(22(31)24(28)32)21(30)16-8-11-18(34-4)13(2)12-16;1-2(3)4/h6-12,20,29-30H,5H2,1-4H3;1H3,(H,3,4)/b21-19+;. The van der Waals surface area contributed by atoms with E-state index < -0.39 is 29.7 Å². The first-order valence-electron chi connectivity index (χ1n) is 12.0. The number of aromatic nitrogens is 1. The van der Waals surface area contributed by atoms with Crippen LogP contribution in [0.25, 0.3) is 5.76 Å². The van der Waals surface area contributed by atoms with Gasteiger partial charge in [0.2, 0.25) is 0 Å². The summed E-state index contributed by atoms with van der Waals surface area (Å²) in [6.07, 6.45) is 0. The number of aromatic hydroxyl groups is 1. The Morgan fingerprint density at radius 3 is 2.25 bits per heavy atom. The first kappa shape index (κ1) is 29.8. The van der Waals surface area contributed by atoms with Gasteiger partial charge in [-0.2, -0.15) is 0 Å². The molecule has 1 atom stereocenters. The molecule has 1 unspecified atom stereocenters. The Kier molecular flexibility index (Phi) is 9.27. The molecule has 1 aliphatic rings. The number of carboxylic acid groups (broad SMARTS) is 1. The van der Waals surface area contributed by atoms with Crippen molar-refractivity contribution in [3.63, 3.8) is 0 Å². The molecular formula is C28H28N2O9S. The van der Waals surface area contributed by atoms with Crippen molar-refractivity contribution in [3.05, 3.63) is 75.3 Å². The molecule has 0 aliphatic carbocycles. The minimum Gasteiger partial charge on any atom is -0.508 e. The minimum absolute atomic E-state index is 0.00355. The number of ketones is 1. The average Bonchev–Trinajstić information content (AvgIpc) is 3.40. The first-order chi connectivity index (χ1) is 18.9. The van der Waals surface area contributed by atoms with Crippen molar-refractivity contribution in [1.82, 2.24) is 4.98 Å². The molecule has 210 valence electrons. The van der Waals surface area contributed by atoms with E-state index in [-0.39, 0.29) is 33.7 Å². The normalized spacial score (nSPS) is 15.8. The molecule has 0 saturated carbocycles. The third-order valence-corrected chi connectivity index (χ3v) is 6.91. The molecule has 1 saturated heterocycles. The number of Topliss-reactive ketones (excluding diaryl/α,β-unsaturated/α-hetero) is 1. The van der Waals surface area contributed by atoms with Crippen molar-refractivity contribution >= 4 is 45.9 Å². The molecule has 0 spiro atoms. The largest absolute Gasteiger partial charge is 0.508 e. The zero-order valence-electron chi connectivity index (χ0n) is 22.4. The summed E-state index contributed by atoms with van der Waals surface area (Å²) in [5.41, 5.74) is 1.74. The molecule has 0 bridgehead atoms. The van der Waals surface area contributed by atoms with Crippen LogP contribution >= 0.6 is 11.3 Å². The number of carbonyl (C=O) groups excluding carboxylic acids is 3. The minimum atomic E-state index is -1.05. The van der Waals surface area contributed by atoms with Crippen molar-refractivity contribution in [2.75, 3.05) is 18.6 Å². The Labute approximate surface area is 233 Å². The quantitative estimate of drug-likeness (QED) is 0.168. The van der Waals surface area contributed by atoms with E-state index in [9.17, 15) is 24.6 Å². The molecule has 1 aliphatic heterocycles. The molecule has 4 rings (SSSR count). The Bertz CT molecular complexity index is 1490. The Morgan fingerprint density at radius 1 is 1.07 bits per heavy atom. The number of hydrogen-bond donors (Lipinski definition) is 3. The highest BCUT2D eigenvalue weighted by Gasteiger charge is 2.48. The summed E-state index contributed by atoms with van der Waals surface area (Å²) in [5, 5.41) is 28.6. The van der Waals surface area contributed by atoms with Crippen LogP contribution in [0.1, 0.15) is 51.9 Å². The molecule has 11 nitrogen and oxygen atoms in total. The number of aliphatic hydroxyl groups excluding tert-OH is 1. The number of thiazole rings is 1. The number of carboxylic acids is 1. The number of nitrogens with zero attached hydrogens (tertiary/aromatic N) is 2. The van der Waals surface area contributed by atoms with Crippen LogP contribution in [0, 0.1) is 13.8 Å². The van der Waals surface area contributed by atoms with Gasteiger partial charge in [0.05, 0.1) is 31.0 Å². The van der Waals surface area contributed by atoms with Crippen LogP contribution in [0.15, 0.2) is 48.0 Å². The zero-order valence-corrected chi connectivity index (χ0v) is 23.2. The van der Waals surface area contributed by atoms with E-state index in [0.717, 1.165) is 28.7 Å². The van der Waals surface area contributed by atoms with Gasteiger partial charge in [0.15, 0.2) is 5.13 Å². The third-order valence-electron chi connectivity index (χ3n) is 5.77. The van der Waals surface area contributed by atoms with Crippen LogP contribution in [-0.2, 0) is 19.1 Å². The van der Waals surface area contributed by atoms with Crippen LogP contribution in [0.2, 0.25) is 0 Å². The van der Waals surface area contributed by atoms with E-state index in [4.69, 9.17) is 19.4 Å². The smallest absolute Gasteiger partial charge is 0.350 e. The molecule has 2 heterocycles. The van der Waals surface area contributed by atoms with Gasteiger partial charge < -0.3 is 24.8 Å². The van der Waals surface area contributed by atoms with Crippen molar-refractivity contribution in [2.24, 2.45) is 0 Å². The van der Waals surface area contributed by atoms with Gasteiger partial charge in [-0.1, -0.05) is 23.5 Å². The van der Waals surface area contributed by atoms with Crippen molar-refractivity contribution in [1.29, 1.82) is 0 Å². The van der Waals surface area contributed by atoms with Gasteiger partial charge in [0.1, 0.15) is 22.1 Å².